The Morgan fingerprint density at radius 3 is 2.84 bits per heavy atom. The number of rotatable bonds is 1. The highest BCUT2D eigenvalue weighted by Crippen LogP contribution is 2.42. The van der Waals surface area contributed by atoms with Crippen LogP contribution in [0.3, 0.4) is 0 Å². The third-order valence-electron chi connectivity index (χ3n) is 4.76. The molecule has 0 fully saturated rings. The van der Waals surface area contributed by atoms with E-state index in [1.807, 2.05) is 30.3 Å². The van der Waals surface area contributed by atoms with Crippen LogP contribution < -0.4 is 10.6 Å². The summed E-state index contributed by atoms with van der Waals surface area (Å²) in [6.07, 6.45) is 1.29. The molecule has 0 unspecified atom stereocenters. The summed E-state index contributed by atoms with van der Waals surface area (Å²) < 4.78 is 0. The molecule has 2 N–H and O–H groups in total. The number of aromatic nitrogens is 1. The van der Waals surface area contributed by atoms with Crippen molar-refractivity contribution in [1.29, 1.82) is 0 Å². The molecule has 4 nitrogen and oxygen atoms in total. The van der Waals surface area contributed by atoms with E-state index < -0.39 is 0 Å². The van der Waals surface area contributed by atoms with Crippen molar-refractivity contribution in [2.24, 2.45) is 5.41 Å². The van der Waals surface area contributed by atoms with Crippen molar-refractivity contribution in [1.82, 2.24) is 15.6 Å². The number of hydrogen-bond acceptors (Lipinski definition) is 3. The number of nitrogens with zero attached hydrogens (tertiary/aromatic N) is 1. The Morgan fingerprint density at radius 1 is 1.28 bits per heavy atom. The van der Waals surface area contributed by atoms with Crippen LogP contribution in [0, 0.1) is 5.41 Å². The van der Waals surface area contributed by atoms with Crippen LogP contribution in [0.25, 0.3) is 10.9 Å². The van der Waals surface area contributed by atoms with Crippen LogP contribution in [0.1, 0.15) is 38.3 Å². The van der Waals surface area contributed by atoms with Gasteiger partial charge in [0.15, 0.2) is 10.9 Å². The molecule has 25 heavy (non-hydrogen) atoms. The Hall–Kier alpha value is -1.98. The Morgan fingerprint density at radius 2 is 2.04 bits per heavy atom. The molecule has 1 aliphatic carbocycles. The van der Waals surface area contributed by atoms with Crippen LogP contribution in [-0.4, -0.2) is 15.9 Å². The highest BCUT2D eigenvalue weighted by Gasteiger charge is 2.40. The fourth-order valence-corrected chi connectivity index (χ4v) is 4.20. The minimum atomic E-state index is -0.364. The first-order valence-electron chi connectivity index (χ1n) is 8.23. The van der Waals surface area contributed by atoms with Gasteiger partial charge in [0.2, 0.25) is 0 Å². The van der Waals surface area contributed by atoms with E-state index >= 15 is 0 Å². The number of hydrogen-bond donors (Lipinski definition) is 2. The van der Waals surface area contributed by atoms with Crippen molar-refractivity contribution in [3.05, 3.63) is 52.3 Å². The van der Waals surface area contributed by atoms with Gasteiger partial charge >= 0.3 is 0 Å². The number of fused-ring (bicyclic) bond motifs is 1. The van der Waals surface area contributed by atoms with Gasteiger partial charge in [-0.2, -0.15) is 0 Å². The van der Waals surface area contributed by atoms with Crippen LogP contribution in [0.5, 0.6) is 0 Å². The summed E-state index contributed by atoms with van der Waals surface area (Å²) in [5.74, 6) is 0.128. The Bertz CT molecular complexity index is 951. The molecule has 2 aliphatic rings. The zero-order valence-electron chi connectivity index (χ0n) is 14.0. The molecule has 2 aromatic rings. The number of nitrogens with one attached hydrogen (secondary N) is 2. The number of para-hydroxylation sites is 1. The lowest BCUT2D eigenvalue weighted by Crippen LogP contribution is -2.48. The van der Waals surface area contributed by atoms with Gasteiger partial charge in [-0.3, -0.25) is 4.79 Å². The highest BCUT2D eigenvalue weighted by atomic mass is 35.5. The van der Waals surface area contributed by atoms with Gasteiger partial charge in [-0.1, -0.05) is 43.6 Å². The second kappa shape index (κ2) is 5.78. The van der Waals surface area contributed by atoms with E-state index in [1.54, 1.807) is 0 Å². The molecule has 2 heterocycles. The highest BCUT2D eigenvalue weighted by molar-refractivity contribution is 7.80. The van der Waals surface area contributed by atoms with Crippen molar-refractivity contribution in [3.63, 3.8) is 0 Å². The summed E-state index contributed by atoms with van der Waals surface area (Å²) in [6, 6.07) is 9.43. The van der Waals surface area contributed by atoms with E-state index in [4.69, 9.17) is 23.8 Å². The predicted molar refractivity (Wildman–Crippen MR) is 103 cm³/mol. The van der Waals surface area contributed by atoms with Crippen molar-refractivity contribution in [2.45, 2.75) is 32.7 Å². The molecule has 0 amide bonds. The number of carbonyl (C=O) groups is 1. The van der Waals surface area contributed by atoms with E-state index in [9.17, 15) is 4.79 Å². The largest absolute Gasteiger partial charge is 0.351 e. The summed E-state index contributed by atoms with van der Waals surface area (Å²) in [7, 11) is 0. The molecule has 1 aromatic carbocycles. The van der Waals surface area contributed by atoms with Crippen LogP contribution in [0.2, 0.25) is 5.15 Å². The van der Waals surface area contributed by atoms with E-state index in [1.165, 1.54) is 0 Å². The van der Waals surface area contributed by atoms with E-state index in [-0.39, 0.29) is 17.2 Å². The molecule has 1 aliphatic heterocycles. The molecule has 0 bridgehead atoms. The summed E-state index contributed by atoms with van der Waals surface area (Å²) in [5.41, 5.74) is 3.17. The number of ketones is 1. The Kier molecular flexibility index (Phi) is 3.81. The van der Waals surface area contributed by atoms with Crippen molar-refractivity contribution in [3.8, 4) is 0 Å². The average Bonchev–Trinajstić information content (AvgIpc) is 2.51. The normalized spacial score (nSPS) is 22.4. The van der Waals surface area contributed by atoms with Gasteiger partial charge in [0.25, 0.3) is 0 Å². The summed E-state index contributed by atoms with van der Waals surface area (Å²) >= 11 is 11.8. The van der Waals surface area contributed by atoms with Crippen molar-refractivity contribution < 1.29 is 4.79 Å². The third kappa shape index (κ3) is 2.92. The zero-order chi connectivity index (χ0) is 17.8. The fraction of sp³-hybridized carbons (Fsp3) is 0.316. The maximum absolute atomic E-state index is 12.9. The first-order valence-corrected chi connectivity index (χ1v) is 9.02. The van der Waals surface area contributed by atoms with Crippen LogP contribution in [-0.2, 0) is 4.79 Å². The number of Topliss-reactive ketones (excluding diaryl/α,β-unsaturated/α-hetero) is 1. The minimum Gasteiger partial charge on any atom is -0.351 e. The van der Waals surface area contributed by atoms with Crippen LogP contribution >= 0.6 is 23.8 Å². The van der Waals surface area contributed by atoms with Gasteiger partial charge in [-0.05, 0) is 36.2 Å². The van der Waals surface area contributed by atoms with Crippen molar-refractivity contribution >= 4 is 45.6 Å². The lowest BCUT2D eigenvalue weighted by atomic mass is 9.73. The quantitative estimate of drug-likeness (QED) is 0.585. The average molecular weight is 372 g/mol. The van der Waals surface area contributed by atoms with E-state index in [0.29, 0.717) is 16.7 Å². The lowest BCUT2D eigenvalue weighted by molar-refractivity contribution is -0.118. The topological polar surface area (TPSA) is 54.0 Å². The summed E-state index contributed by atoms with van der Waals surface area (Å²) in [6.45, 7) is 4.20. The van der Waals surface area contributed by atoms with Crippen LogP contribution in [0.15, 0.2) is 41.6 Å². The molecule has 128 valence electrons. The molecule has 6 heteroatoms. The summed E-state index contributed by atoms with van der Waals surface area (Å²) in [5, 5.41) is 8.28. The second-order valence-corrected chi connectivity index (χ2v) is 8.19. The van der Waals surface area contributed by atoms with Gasteiger partial charge in [-0.25, -0.2) is 4.98 Å². The molecule has 1 aromatic heterocycles. The number of halogens is 1. The van der Waals surface area contributed by atoms with E-state index in [0.717, 1.165) is 34.2 Å². The van der Waals surface area contributed by atoms with Crippen molar-refractivity contribution in [2.75, 3.05) is 0 Å². The number of carbonyl (C=O) groups excluding carboxylic acids is 1. The van der Waals surface area contributed by atoms with Gasteiger partial charge in [-0.15, -0.1) is 0 Å². The summed E-state index contributed by atoms with van der Waals surface area (Å²) in [4.78, 5) is 17.4. The third-order valence-corrected chi connectivity index (χ3v) is 5.29. The predicted octanol–water partition coefficient (Wildman–Crippen LogP) is 4.05. The van der Waals surface area contributed by atoms with Gasteiger partial charge in [0.05, 0.1) is 11.6 Å². The molecule has 0 saturated carbocycles. The smallest absolute Gasteiger partial charge is 0.171 e. The van der Waals surface area contributed by atoms with Crippen LogP contribution in [0.4, 0.5) is 0 Å². The first kappa shape index (κ1) is 16.5. The number of benzene rings is 1. The Labute approximate surface area is 156 Å². The first-order chi connectivity index (χ1) is 11.8. The maximum atomic E-state index is 12.9. The number of pyridine rings is 1. The SMILES string of the molecule is CC1(C)CC(=O)C2=C(C1)NC(=S)N[C@@H]2c1cc2ccccc2nc1Cl. The fourth-order valence-electron chi connectivity index (χ4n) is 3.70. The monoisotopic (exact) mass is 371 g/mol. The number of thiocarbonyl (C=S) groups is 1. The molecular formula is C19H18ClN3OS. The van der Waals surface area contributed by atoms with Gasteiger partial charge < -0.3 is 10.6 Å². The molecule has 0 radical (unpaired) electrons. The maximum Gasteiger partial charge on any atom is 0.171 e. The van der Waals surface area contributed by atoms with Gasteiger partial charge in [0.1, 0.15) is 5.15 Å². The molecule has 0 saturated heterocycles. The molecule has 4 rings (SSSR count). The second-order valence-electron chi connectivity index (χ2n) is 7.43. The number of allylic oxidation sites excluding steroid dienone is 1. The molecule has 0 spiro atoms. The molecular weight excluding hydrogens is 354 g/mol. The zero-order valence-corrected chi connectivity index (χ0v) is 15.6. The van der Waals surface area contributed by atoms with E-state index in [2.05, 4.69) is 29.5 Å². The molecule has 1 atom stereocenters. The van der Waals surface area contributed by atoms with Gasteiger partial charge in [0, 0.05) is 28.6 Å². The Balaban J connectivity index is 1.88. The minimum absolute atomic E-state index is 0.0775. The standard InChI is InChI=1S/C19H18ClN3OS/c1-19(2)8-13-15(14(24)9-19)16(23-18(25)22-13)11-7-10-5-3-4-6-12(10)21-17(11)20/h3-7,16H,8-9H2,1-2H3,(H2,22,23,25)/t16-/m1/s1. The lowest BCUT2D eigenvalue weighted by Gasteiger charge is -2.39.